The van der Waals surface area contributed by atoms with E-state index in [9.17, 15) is 4.79 Å². The Bertz CT molecular complexity index is 550. The summed E-state index contributed by atoms with van der Waals surface area (Å²) in [5.41, 5.74) is 0. The van der Waals surface area contributed by atoms with E-state index in [1.54, 1.807) is 19.4 Å². The first-order chi connectivity index (χ1) is 11.3. The van der Waals surface area contributed by atoms with E-state index in [0.717, 1.165) is 50.9 Å². The van der Waals surface area contributed by atoms with Gasteiger partial charge in [-0.15, -0.1) is 0 Å². The maximum Gasteiger partial charge on any atom is 0.239 e. The number of hydrogen-bond donors (Lipinski definition) is 2. The number of aromatic nitrogens is 2. The average molecular weight is 317 g/mol. The molecule has 8 heteroatoms. The second kappa shape index (κ2) is 7.26. The quantitative estimate of drug-likeness (QED) is 0.573. The summed E-state index contributed by atoms with van der Waals surface area (Å²) < 4.78 is 0. The largest absolute Gasteiger partial charge is 0.352 e. The van der Waals surface area contributed by atoms with E-state index in [1.807, 2.05) is 6.07 Å². The van der Waals surface area contributed by atoms with Crippen LogP contribution in [0.1, 0.15) is 12.8 Å². The van der Waals surface area contributed by atoms with Gasteiger partial charge in [0.2, 0.25) is 11.9 Å². The molecule has 2 fully saturated rings. The van der Waals surface area contributed by atoms with Crippen LogP contribution in [0.15, 0.2) is 23.5 Å². The summed E-state index contributed by atoms with van der Waals surface area (Å²) in [7, 11) is 1.74. The van der Waals surface area contributed by atoms with Gasteiger partial charge in [-0.2, -0.15) is 0 Å². The summed E-state index contributed by atoms with van der Waals surface area (Å²) >= 11 is 0. The highest BCUT2D eigenvalue weighted by atomic mass is 16.2. The first-order valence-electron chi connectivity index (χ1n) is 8.03. The van der Waals surface area contributed by atoms with Crippen LogP contribution in [0.2, 0.25) is 0 Å². The van der Waals surface area contributed by atoms with Gasteiger partial charge in [-0.1, -0.05) is 0 Å². The van der Waals surface area contributed by atoms with E-state index in [4.69, 9.17) is 0 Å². The molecule has 0 bridgehead atoms. The Kier molecular flexibility index (Phi) is 4.89. The van der Waals surface area contributed by atoms with E-state index in [0.29, 0.717) is 6.04 Å². The number of amides is 1. The lowest BCUT2D eigenvalue weighted by molar-refractivity contribution is -0.120. The zero-order valence-electron chi connectivity index (χ0n) is 13.4. The molecule has 2 aliphatic rings. The number of carbonyl (C=O) groups excluding carboxylic acids is 1. The van der Waals surface area contributed by atoms with Crippen molar-refractivity contribution in [1.29, 1.82) is 0 Å². The van der Waals surface area contributed by atoms with Crippen LogP contribution in [0.25, 0.3) is 0 Å². The molecule has 1 saturated heterocycles. The monoisotopic (exact) mass is 317 g/mol. The molecule has 0 aromatic carbocycles. The topological polar surface area (TPSA) is 85.8 Å². The van der Waals surface area contributed by atoms with Gasteiger partial charge < -0.3 is 20.4 Å². The zero-order valence-corrected chi connectivity index (χ0v) is 13.4. The van der Waals surface area contributed by atoms with E-state index < -0.39 is 0 Å². The molecule has 1 aliphatic heterocycles. The molecule has 3 rings (SSSR count). The minimum Gasteiger partial charge on any atom is -0.352 e. The zero-order chi connectivity index (χ0) is 16.1. The molecule has 2 heterocycles. The van der Waals surface area contributed by atoms with Gasteiger partial charge in [-0.3, -0.25) is 9.79 Å². The molecule has 2 N–H and O–H groups in total. The van der Waals surface area contributed by atoms with Crippen LogP contribution in [0.4, 0.5) is 5.95 Å². The van der Waals surface area contributed by atoms with Gasteiger partial charge in [0.25, 0.3) is 0 Å². The summed E-state index contributed by atoms with van der Waals surface area (Å²) in [4.78, 5) is 28.9. The molecule has 0 radical (unpaired) electrons. The van der Waals surface area contributed by atoms with Crippen molar-refractivity contribution in [3.63, 3.8) is 0 Å². The predicted molar refractivity (Wildman–Crippen MR) is 88.3 cm³/mol. The third kappa shape index (κ3) is 4.30. The number of hydrogen-bond acceptors (Lipinski definition) is 5. The maximum atomic E-state index is 11.8. The van der Waals surface area contributed by atoms with Crippen molar-refractivity contribution in [3.05, 3.63) is 18.5 Å². The number of anilines is 1. The second-order valence-electron chi connectivity index (χ2n) is 5.77. The number of carbonyl (C=O) groups is 1. The van der Waals surface area contributed by atoms with Crippen LogP contribution >= 0.6 is 0 Å². The molecule has 0 atom stereocenters. The summed E-state index contributed by atoms with van der Waals surface area (Å²) in [6.07, 6.45) is 5.72. The highest BCUT2D eigenvalue weighted by molar-refractivity contribution is 5.86. The number of rotatable bonds is 4. The standard InChI is InChI=1S/C15H23N7O/c1-16-14(19-11-13(23)20-12-3-4-12)21-7-9-22(10-8-21)15-17-5-2-6-18-15/h2,5-6,12H,3-4,7-11H2,1H3,(H,16,19)(H,20,23). The van der Waals surface area contributed by atoms with Gasteiger partial charge in [0.05, 0.1) is 6.54 Å². The second-order valence-corrected chi connectivity index (χ2v) is 5.77. The fourth-order valence-corrected chi connectivity index (χ4v) is 2.57. The molecular formula is C15H23N7O. The maximum absolute atomic E-state index is 11.8. The Morgan fingerprint density at radius 3 is 2.57 bits per heavy atom. The highest BCUT2D eigenvalue weighted by Gasteiger charge is 2.24. The molecular weight excluding hydrogens is 294 g/mol. The Labute approximate surface area is 136 Å². The van der Waals surface area contributed by atoms with Crippen molar-refractivity contribution in [2.75, 3.05) is 44.7 Å². The molecule has 1 saturated carbocycles. The predicted octanol–water partition coefficient (Wildman–Crippen LogP) is -0.547. The van der Waals surface area contributed by atoms with Gasteiger partial charge in [0, 0.05) is 51.7 Å². The molecule has 124 valence electrons. The van der Waals surface area contributed by atoms with Crippen molar-refractivity contribution in [1.82, 2.24) is 25.5 Å². The van der Waals surface area contributed by atoms with E-state index in [2.05, 4.69) is 35.4 Å². The molecule has 0 unspecified atom stereocenters. The molecule has 1 amide bonds. The third-order valence-corrected chi connectivity index (χ3v) is 3.98. The van der Waals surface area contributed by atoms with Crippen molar-refractivity contribution < 1.29 is 4.79 Å². The number of guanidine groups is 1. The molecule has 8 nitrogen and oxygen atoms in total. The minimum atomic E-state index is 0.0324. The van der Waals surface area contributed by atoms with Gasteiger partial charge >= 0.3 is 0 Å². The summed E-state index contributed by atoms with van der Waals surface area (Å²) in [5.74, 6) is 1.56. The Morgan fingerprint density at radius 2 is 1.96 bits per heavy atom. The highest BCUT2D eigenvalue weighted by Crippen LogP contribution is 2.18. The number of aliphatic imine (C=N–C) groups is 1. The van der Waals surface area contributed by atoms with Crippen molar-refractivity contribution >= 4 is 17.8 Å². The van der Waals surface area contributed by atoms with Gasteiger partial charge in [-0.25, -0.2) is 9.97 Å². The van der Waals surface area contributed by atoms with E-state index in [-0.39, 0.29) is 12.5 Å². The summed E-state index contributed by atoms with van der Waals surface area (Å²) in [6.45, 7) is 3.58. The van der Waals surface area contributed by atoms with Crippen LogP contribution < -0.4 is 15.5 Å². The molecule has 1 aromatic rings. The molecule has 1 aromatic heterocycles. The SMILES string of the molecule is CN=C(NCC(=O)NC1CC1)N1CCN(c2ncccn2)CC1. The van der Waals surface area contributed by atoms with Crippen LogP contribution in [0, 0.1) is 0 Å². The minimum absolute atomic E-state index is 0.0324. The van der Waals surface area contributed by atoms with Crippen LogP contribution in [0.5, 0.6) is 0 Å². The lowest BCUT2D eigenvalue weighted by Crippen LogP contribution is -2.54. The fraction of sp³-hybridized carbons (Fsp3) is 0.600. The first-order valence-corrected chi connectivity index (χ1v) is 8.03. The molecule has 0 spiro atoms. The lowest BCUT2D eigenvalue weighted by Gasteiger charge is -2.36. The molecule has 23 heavy (non-hydrogen) atoms. The van der Waals surface area contributed by atoms with E-state index in [1.165, 1.54) is 0 Å². The lowest BCUT2D eigenvalue weighted by atomic mass is 10.3. The Balaban J connectivity index is 1.46. The van der Waals surface area contributed by atoms with Crippen molar-refractivity contribution in [2.45, 2.75) is 18.9 Å². The molecule has 1 aliphatic carbocycles. The number of nitrogens with one attached hydrogen (secondary N) is 2. The average Bonchev–Trinajstić information content (AvgIpc) is 3.41. The van der Waals surface area contributed by atoms with Crippen LogP contribution in [-0.2, 0) is 4.79 Å². The van der Waals surface area contributed by atoms with Gasteiger partial charge in [0.15, 0.2) is 5.96 Å². The van der Waals surface area contributed by atoms with Crippen LogP contribution in [-0.4, -0.2) is 72.5 Å². The summed E-state index contributed by atoms with van der Waals surface area (Å²) in [6, 6.07) is 2.21. The number of nitrogens with zero attached hydrogens (tertiary/aromatic N) is 5. The van der Waals surface area contributed by atoms with Crippen molar-refractivity contribution in [3.8, 4) is 0 Å². The third-order valence-electron chi connectivity index (χ3n) is 3.98. The Hall–Kier alpha value is -2.38. The number of piperazine rings is 1. The summed E-state index contributed by atoms with van der Waals surface area (Å²) in [5, 5.41) is 6.11. The fourth-order valence-electron chi connectivity index (χ4n) is 2.57. The van der Waals surface area contributed by atoms with E-state index >= 15 is 0 Å². The van der Waals surface area contributed by atoms with Gasteiger partial charge in [0.1, 0.15) is 0 Å². The van der Waals surface area contributed by atoms with Crippen molar-refractivity contribution in [2.24, 2.45) is 4.99 Å². The first kappa shape index (κ1) is 15.5. The van der Waals surface area contributed by atoms with Gasteiger partial charge in [-0.05, 0) is 18.9 Å². The van der Waals surface area contributed by atoms with Crippen LogP contribution in [0.3, 0.4) is 0 Å². The smallest absolute Gasteiger partial charge is 0.239 e. The normalized spacial score (nSPS) is 18.7. The Morgan fingerprint density at radius 1 is 1.26 bits per heavy atom.